The lowest BCUT2D eigenvalue weighted by atomic mass is 10.0. The Morgan fingerprint density at radius 2 is 2.00 bits per heavy atom. The lowest BCUT2D eigenvalue weighted by molar-refractivity contribution is 0.0989. The van der Waals surface area contributed by atoms with E-state index >= 15 is 0 Å². The van der Waals surface area contributed by atoms with E-state index in [1.54, 1.807) is 6.07 Å². The van der Waals surface area contributed by atoms with Gasteiger partial charge in [-0.2, -0.15) is 0 Å². The molecule has 0 aliphatic rings. The van der Waals surface area contributed by atoms with Gasteiger partial charge in [-0.1, -0.05) is 26.0 Å². The summed E-state index contributed by atoms with van der Waals surface area (Å²) in [6.45, 7) is 5.78. The monoisotopic (exact) mass is 202 g/mol. The molecule has 78 valence electrons. The number of carbonyl (C=O) groups excluding carboxylic acids is 1. The van der Waals surface area contributed by atoms with Crippen LogP contribution in [0.3, 0.4) is 0 Å². The molecule has 1 heterocycles. The summed E-state index contributed by atoms with van der Waals surface area (Å²) in [5.41, 5.74) is 2.03. The van der Waals surface area contributed by atoms with Crippen molar-refractivity contribution >= 4 is 16.8 Å². The van der Waals surface area contributed by atoms with Crippen molar-refractivity contribution in [3.05, 3.63) is 35.6 Å². The molecule has 0 atom stereocenters. The van der Waals surface area contributed by atoms with Crippen molar-refractivity contribution in [3.63, 3.8) is 0 Å². The van der Waals surface area contributed by atoms with Gasteiger partial charge in [-0.05, 0) is 23.6 Å². The van der Waals surface area contributed by atoms with Crippen LogP contribution in [0, 0.1) is 0 Å². The van der Waals surface area contributed by atoms with Gasteiger partial charge in [-0.15, -0.1) is 0 Å². The molecule has 0 saturated carbocycles. The van der Waals surface area contributed by atoms with E-state index in [9.17, 15) is 4.79 Å². The van der Waals surface area contributed by atoms with Crippen LogP contribution in [-0.2, 0) is 0 Å². The Morgan fingerprint density at radius 1 is 1.27 bits per heavy atom. The van der Waals surface area contributed by atoms with Crippen LogP contribution >= 0.6 is 0 Å². The number of hydrogen-bond acceptors (Lipinski definition) is 2. The third kappa shape index (κ3) is 1.80. The number of rotatable bonds is 2. The fraction of sp³-hybridized carbons (Fsp3) is 0.308. The van der Waals surface area contributed by atoms with Crippen LogP contribution in [-0.4, -0.2) is 5.78 Å². The van der Waals surface area contributed by atoms with Crippen LogP contribution in [0.4, 0.5) is 0 Å². The Balaban J connectivity index is 2.57. The van der Waals surface area contributed by atoms with E-state index < -0.39 is 0 Å². The Bertz CT molecular complexity index is 506. The maximum Gasteiger partial charge on any atom is 0.194 e. The molecule has 0 aliphatic heterocycles. The molecule has 1 aromatic heterocycles. The normalized spacial score (nSPS) is 11.2. The molecule has 1 aromatic carbocycles. The molecular formula is C13H14O2. The van der Waals surface area contributed by atoms with Gasteiger partial charge in [-0.25, -0.2) is 0 Å². The molecule has 0 spiro atoms. The maximum absolute atomic E-state index is 11.1. The molecule has 0 unspecified atom stereocenters. The second-order valence-electron chi connectivity index (χ2n) is 4.12. The minimum atomic E-state index is -0.0303. The summed E-state index contributed by atoms with van der Waals surface area (Å²) in [4.78, 5) is 11.1. The number of benzene rings is 1. The van der Waals surface area contributed by atoms with Gasteiger partial charge < -0.3 is 4.42 Å². The highest BCUT2D eigenvalue weighted by atomic mass is 16.3. The van der Waals surface area contributed by atoms with Gasteiger partial charge >= 0.3 is 0 Å². The molecule has 0 saturated heterocycles. The smallest absolute Gasteiger partial charge is 0.194 e. The van der Waals surface area contributed by atoms with Crippen molar-refractivity contribution < 1.29 is 9.21 Å². The van der Waals surface area contributed by atoms with Gasteiger partial charge in [0.05, 0.1) is 0 Å². The molecule has 0 radical (unpaired) electrons. The second kappa shape index (κ2) is 3.54. The summed E-state index contributed by atoms with van der Waals surface area (Å²) in [5, 5.41) is 0.990. The summed E-state index contributed by atoms with van der Waals surface area (Å²) < 4.78 is 5.47. The molecular weight excluding hydrogens is 188 g/mol. The van der Waals surface area contributed by atoms with E-state index in [4.69, 9.17) is 4.42 Å². The number of furan rings is 1. The van der Waals surface area contributed by atoms with Gasteiger partial charge in [0.15, 0.2) is 11.5 Å². The van der Waals surface area contributed by atoms with Crippen LogP contribution in [0.5, 0.6) is 0 Å². The van der Waals surface area contributed by atoms with Gasteiger partial charge in [-0.3, -0.25) is 4.79 Å². The molecule has 2 aromatic rings. The number of carbonyl (C=O) groups is 1. The van der Waals surface area contributed by atoms with Gasteiger partial charge in [0, 0.05) is 12.3 Å². The van der Waals surface area contributed by atoms with Crippen LogP contribution in [0.25, 0.3) is 11.0 Å². The predicted molar refractivity (Wildman–Crippen MR) is 60.3 cm³/mol. The van der Waals surface area contributed by atoms with E-state index in [1.165, 1.54) is 12.5 Å². The molecule has 15 heavy (non-hydrogen) atoms. The largest absolute Gasteiger partial charge is 0.453 e. The zero-order valence-corrected chi connectivity index (χ0v) is 9.20. The third-order valence-electron chi connectivity index (χ3n) is 2.56. The first kappa shape index (κ1) is 9.97. The second-order valence-corrected chi connectivity index (χ2v) is 4.12. The summed E-state index contributed by atoms with van der Waals surface area (Å²) in [7, 11) is 0. The van der Waals surface area contributed by atoms with Crippen LogP contribution in [0.15, 0.2) is 28.7 Å². The van der Waals surface area contributed by atoms with Crippen LogP contribution < -0.4 is 0 Å². The van der Waals surface area contributed by atoms with Crippen molar-refractivity contribution in [2.75, 3.05) is 0 Å². The van der Waals surface area contributed by atoms with E-state index in [0.717, 1.165) is 11.0 Å². The van der Waals surface area contributed by atoms with Crippen LogP contribution in [0.1, 0.15) is 42.8 Å². The molecule has 0 fully saturated rings. The van der Waals surface area contributed by atoms with Crippen molar-refractivity contribution in [2.24, 2.45) is 0 Å². The highest BCUT2D eigenvalue weighted by molar-refractivity contribution is 5.96. The zero-order chi connectivity index (χ0) is 11.0. The quantitative estimate of drug-likeness (QED) is 0.694. The summed E-state index contributed by atoms with van der Waals surface area (Å²) in [5.74, 6) is 0.878. The standard InChI is InChI=1S/C13H14O2/c1-8(2)10-4-5-11-7-12(9(3)14)15-13(11)6-10/h4-8H,1-3H3. The first-order chi connectivity index (χ1) is 7.08. The maximum atomic E-state index is 11.1. The highest BCUT2D eigenvalue weighted by Crippen LogP contribution is 2.24. The number of hydrogen-bond donors (Lipinski definition) is 0. The third-order valence-corrected chi connectivity index (χ3v) is 2.56. The van der Waals surface area contributed by atoms with E-state index in [2.05, 4.69) is 19.9 Å². The number of Topliss-reactive ketones (excluding diaryl/α,β-unsaturated/α-hetero) is 1. The van der Waals surface area contributed by atoms with Crippen molar-refractivity contribution in [1.29, 1.82) is 0 Å². The minimum absolute atomic E-state index is 0.0303. The van der Waals surface area contributed by atoms with Crippen molar-refractivity contribution in [2.45, 2.75) is 26.7 Å². The number of fused-ring (bicyclic) bond motifs is 1. The summed E-state index contributed by atoms with van der Waals surface area (Å²) >= 11 is 0. The van der Waals surface area contributed by atoms with Crippen molar-refractivity contribution in [3.8, 4) is 0 Å². The fourth-order valence-electron chi connectivity index (χ4n) is 1.58. The molecule has 0 N–H and O–H groups in total. The van der Waals surface area contributed by atoms with Gasteiger partial charge in [0.25, 0.3) is 0 Å². The minimum Gasteiger partial charge on any atom is -0.453 e. The Kier molecular flexibility index (Phi) is 2.35. The Morgan fingerprint density at radius 3 is 2.60 bits per heavy atom. The molecule has 2 rings (SSSR count). The summed E-state index contributed by atoms with van der Waals surface area (Å²) in [6, 6.07) is 7.88. The van der Waals surface area contributed by atoms with Crippen molar-refractivity contribution in [1.82, 2.24) is 0 Å². The van der Waals surface area contributed by atoms with E-state index in [0.29, 0.717) is 11.7 Å². The first-order valence-corrected chi connectivity index (χ1v) is 5.12. The Labute approximate surface area is 88.9 Å². The van der Waals surface area contributed by atoms with E-state index in [-0.39, 0.29) is 5.78 Å². The SMILES string of the molecule is CC(=O)c1cc2ccc(C(C)C)cc2o1. The highest BCUT2D eigenvalue weighted by Gasteiger charge is 2.08. The fourth-order valence-corrected chi connectivity index (χ4v) is 1.58. The average molecular weight is 202 g/mol. The molecule has 2 nitrogen and oxygen atoms in total. The van der Waals surface area contributed by atoms with Gasteiger partial charge in [0.1, 0.15) is 5.58 Å². The molecule has 0 amide bonds. The predicted octanol–water partition coefficient (Wildman–Crippen LogP) is 3.76. The molecule has 0 aliphatic carbocycles. The summed E-state index contributed by atoms with van der Waals surface area (Å²) in [6.07, 6.45) is 0. The lowest BCUT2D eigenvalue weighted by Crippen LogP contribution is -1.85. The van der Waals surface area contributed by atoms with Gasteiger partial charge in [0.2, 0.25) is 0 Å². The topological polar surface area (TPSA) is 30.2 Å². The lowest BCUT2D eigenvalue weighted by Gasteiger charge is -2.03. The average Bonchev–Trinajstić information content (AvgIpc) is 2.59. The Hall–Kier alpha value is -1.57. The number of ketones is 1. The van der Waals surface area contributed by atoms with E-state index in [1.807, 2.05) is 12.1 Å². The first-order valence-electron chi connectivity index (χ1n) is 5.12. The molecule has 0 bridgehead atoms. The van der Waals surface area contributed by atoms with Crippen LogP contribution in [0.2, 0.25) is 0 Å². The zero-order valence-electron chi connectivity index (χ0n) is 9.20. The molecule has 2 heteroatoms.